The first-order chi connectivity index (χ1) is 9.28. The van der Waals surface area contributed by atoms with Crippen LogP contribution in [-0.2, 0) is 14.3 Å². The van der Waals surface area contributed by atoms with Gasteiger partial charge in [0.1, 0.15) is 6.61 Å². The maximum Gasteiger partial charge on any atom is 0.411 e. The molecule has 20 heavy (non-hydrogen) atoms. The summed E-state index contributed by atoms with van der Waals surface area (Å²) >= 11 is 0. The number of ether oxygens (including phenoxy) is 1. The van der Waals surface area contributed by atoms with Gasteiger partial charge in [-0.3, -0.25) is 9.59 Å². The molecule has 116 valence electrons. The molecule has 0 aromatic heterocycles. The van der Waals surface area contributed by atoms with E-state index in [2.05, 4.69) is 4.74 Å². The zero-order valence-corrected chi connectivity index (χ0v) is 11.0. The summed E-state index contributed by atoms with van der Waals surface area (Å²) in [5, 5.41) is 8.66. The lowest BCUT2D eigenvalue weighted by Gasteiger charge is -2.31. The van der Waals surface area contributed by atoms with E-state index in [1.807, 2.05) is 0 Å². The summed E-state index contributed by atoms with van der Waals surface area (Å²) in [6.45, 7) is -0.694. The molecule has 0 atom stereocenters. The van der Waals surface area contributed by atoms with Gasteiger partial charge < -0.3 is 14.7 Å². The van der Waals surface area contributed by atoms with Gasteiger partial charge in [-0.05, 0) is 18.8 Å². The average Bonchev–Trinajstić information content (AvgIpc) is 2.33. The molecule has 1 rings (SSSR count). The lowest BCUT2D eigenvalue weighted by atomic mass is 9.93. The molecular formula is C12H18F3NO4. The third-order valence-electron chi connectivity index (χ3n) is 3.16. The summed E-state index contributed by atoms with van der Waals surface area (Å²) in [6.07, 6.45) is -3.14. The molecule has 1 amide bonds. The summed E-state index contributed by atoms with van der Waals surface area (Å²) in [6, 6.07) is 0. The molecule has 1 N–H and O–H groups in total. The summed E-state index contributed by atoms with van der Waals surface area (Å²) in [5.41, 5.74) is 0. The first kappa shape index (κ1) is 16.7. The topological polar surface area (TPSA) is 66.8 Å². The number of carbonyl (C=O) groups excluding carboxylic acids is 1. The molecule has 0 aromatic carbocycles. The van der Waals surface area contributed by atoms with E-state index in [1.165, 1.54) is 0 Å². The number of carboxylic acid groups (broad SMARTS) is 1. The second-order valence-electron chi connectivity index (χ2n) is 4.84. The molecule has 0 saturated carbocycles. The quantitative estimate of drug-likeness (QED) is 0.757. The van der Waals surface area contributed by atoms with Gasteiger partial charge in [0.25, 0.3) is 0 Å². The summed E-state index contributed by atoms with van der Waals surface area (Å²) < 4.78 is 39.8. The van der Waals surface area contributed by atoms with Crippen molar-refractivity contribution in [3.63, 3.8) is 0 Å². The SMILES string of the molecule is O=C(O)CC1CCN(C(=O)CCOCC(F)(F)F)CC1. The van der Waals surface area contributed by atoms with Gasteiger partial charge in [-0.15, -0.1) is 0 Å². The molecule has 0 bridgehead atoms. The zero-order chi connectivity index (χ0) is 15.2. The highest BCUT2D eigenvalue weighted by Gasteiger charge is 2.28. The van der Waals surface area contributed by atoms with Gasteiger partial charge in [-0.2, -0.15) is 13.2 Å². The minimum Gasteiger partial charge on any atom is -0.481 e. The number of rotatable bonds is 6. The fraction of sp³-hybridized carbons (Fsp3) is 0.833. The first-order valence-electron chi connectivity index (χ1n) is 6.42. The smallest absolute Gasteiger partial charge is 0.411 e. The average molecular weight is 297 g/mol. The van der Waals surface area contributed by atoms with Gasteiger partial charge in [0.05, 0.1) is 13.0 Å². The van der Waals surface area contributed by atoms with Crippen LogP contribution in [0.1, 0.15) is 25.7 Å². The number of nitrogens with zero attached hydrogens (tertiary/aromatic N) is 1. The van der Waals surface area contributed by atoms with Crippen molar-refractivity contribution < 1.29 is 32.6 Å². The summed E-state index contributed by atoms with van der Waals surface area (Å²) in [5.74, 6) is -1.03. The number of likely N-dealkylation sites (tertiary alicyclic amines) is 1. The largest absolute Gasteiger partial charge is 0.481 e. The Balaban J connectivity index is 2.18. The van der Waals surface area contributed by atoms with Crippen molar-refractivity contribution in [1.29, 1.82) is 0 Å². The Kier molecular flexibility index (Phi) is 6.25. The van der Waals surface area contributed by atoms with Crippen LogP contribution in [0, 0.1) is 5.92 Å². The molecule has 1 fully saturated rings. The van der Waals surface area contributed by atoms with Crippen LogP contribution in [0.2, 0.25) is 0 Å². The Morgan fingerprint density at radius 1 is 1.25 bits per heavy atom. The Morgan fingerprint density at radius 3 is 2.35 bits per heavy atom. The van der Waals surface area contributed by atoms with Crippen LogP contribution in [-0.4, -0.2) is 54.4 Å². The highest BCUT2D eigenvalue weighted by molar-refractivity contribution is 5.76. The van der Waals surface area contributed by atoms with Gasteiger partial charge >= 0.3 is 12.1 Å². The van der Waals surface area contributed by atoms with E-state index in [0.717, 1.165) is 0 Å². The lowest BCUT2D eigenvalue weighted by Crippen LogP contribution is -2.39. The van der Waals surface area contributed by atoms with Crippen molar-refractivity contribution in [2.24, 2.45) is 5.92 Å². The van der Waals surface area contributed by atoms with Crippen molar-refractivity contribution in [3.05, 3.63) is 0 Å². The lowest BCUT2D eigenvalue weighted by molar-refractivity contribution is -0.175. The van der Waals surface area contributed by atoms with Crippen molar-refractivity contribution >= 4 is 11.9 Å². The fourth-order valence-electron chi connectivity index (χ4n) is 2.14. The van der Waals surface area contributed by atoms with Gasteiger partial charge in [0, 0.05) is 19.5 Å². The maximum atomic E-state index is 11.8. The monoisotopic (exact) mass is 297 g/mol. The normalized spacial score (nSPS) is 17.2. The number of amides is 1. The van der Waals surface area contributed by atoms with Crippen molar-refractivity contribution in [2.75, 3.05) is 26.3 Å². The van der Waals surface area contributed by atoms with Crippen molar-refractivity contribution in [1.82, 2.24) is 4.90 Å². The molecule has 0 spiro atoms. The van der Waals surface area contributed by atoms with Crippen LogP contribution < -0.4 is 0 Å². The van der Waals surface area contributed by atoms with Crippen LogP contribution in [0.3, 0.4) is 0 Å². The van der Waals surface area contributed by atoms with Gasteiger partial charge in [0.2, 0.25) is 5.91 Å². The minimum atomic E-state index is -4.38. The molecule has 1 heterocycles. The second-order valence-corrected chi connectivity index (χ2v) is 4.84. The van der Waals surface area contributed by atoms with Crippen molar-refractivity contribution in [2.45, 2.75) is 31.9 Å². The number of hydrogen-bond donors (Lipinski definition) is 1. The van der Waals surface area contributed by atoms with E-state index < -0.39 is 18.8 Å². The van der Waals surface area contributed by atoms with E-state index >= 15 is 0 Å². The highest BCUT2D eigenvalue weighted by Crippen LogP contribution is 2.21. The molecule has 1 saturated heterocycles. The summed E-state index contributed by atoms with van der Waals surface area (Å²) in [4.78, 5) is 23.8. The van der Waals surface area contributed by atoms with Crippen LogP contribution in [0.15, 0.2) is 0 Å². The van der Waals surface area contributed by atoms with Gasteiger partial charge in [-0.25, -0.2) is 0 Å². The van der Waals surface area contributed by atoms with Gasteiger partial charge in [0.15, 0.2) is 0 Å². The van der Waals surface area contributed by atoms with E-state index in [9.17, 15) is 22.8 Å². The van der Waals surface area contributed by atoms with Crippen LogP contribution in [0.25, 0.3) is 0 Å². The zero-order valence-electron chi connectivity index (χ0n) is 11.0. The van der Waals surface area contributed by atoms with Crippen molar-refractivity contribution in [3.8, 4) is 0 Å². The predicted molar refractivity (Wildman–Crippen MR) is 63.0 cm³/mol. The second kappa shape index (κ2) is 7.47. The Hall–Kier alpha value is -1.31. The van der Waals surface area contributed by atoms with E-state index in [4.69, 9.17) is 5.11 Å². The number of aliphatic carboxylic acids is 1. The molecule has 0 radical (unpaired) electrons. The van der Waals surface area contributed by atoms with Crippen LogP contribution >= 0.6 is 0 Å². The third-order valence-corrected chi connectivity index (χ3v) is 3.16. The minimum absolute atomic E-state index is 0.0676. The van der Waals surface area contributed by atoms with E-state index in [-0.39, 0.29) is 31.3 Å². The third kappa shape index (κ3) is 6.74. The molecule has 8 heteroatoms. The Labute approximate surface area is 114 Å². The molecule has 0 unspecified atom stereocenters. The van der Waals surface area contributed by atoms with Gasteiger partial charge in [-0.1, -0.05) is 0 Å². The van der Waals surface area contributed by atoms with Crippen LogP contribution in [0.4, 0.5) is 13.2 Å². The molecule has 1 aliphatic rings. The Morgan fingerprint density at radius 2 is 1.85 bits per heavy atom. The molecule has 0 aliphatic carbocycles. The number of halogens is 3. The first-order valence-corrected chi connectivity index (χ1v) is 6.42. The number of piperidine rings is 1. The molecule has 5 nitrogen and oxygen atoms in total. The maximum absolute atomic E-state index is 11.8. The standard InChI is InChI=1S/C12H18F3NO4/c13-12(14,15)8-20-6-3-10(17)16-4-1-9(2-5-16)7-11(18)19/h9H,1-8H2,(H,18,19). The number of hydrogen-bond acceptors (Lipinski definition) is 3. The number of carboxylic acids is 1. The predicted octanol–water partition coefficient (Wildman–Crippen LogP) is 1.67. The van der Waals surface area contributed by atoms with Crippen LogP contribution in [0.5, 0.6) is 0 Å². The molecular weight excluding hydrogens is 279 g/mol. The molecule has 1 aliphatic heterocycles. The molecule has 0 aromatic rings. The number of alkyl halides is 3. The highest BCUT2D eigenvalue weighted by atomic mass is 19.4. The van der Waals surface area contributed by atoms with E-state index in [0.29, 0.717) is 25.9 Å². The number of carbonyl (C=O) groups is 2. The Bertz CT molecular complexity index is 338. The fourth-order valence-corrected chi connectivity index (χ4v) is 2.14. The summed E-state index contributed by atoms with van der Waals surface area (Å²) in [7, 11) is 0. The van der Waals surface area contributed by atoms with E-state index in [1.54, 1.807) is 4.90 Å².